The molecule has 2 aliphatic rings. The van der Waals surface area contributed by atoms with Gasteiger partial charge in [-0.3, -0.25) is 9.59 Å². The fourth-order valence-electron chi connectivity index (χ4n) is 3.67. The molecule has 3 nitrogen and oxygen atoms in total. The number of rotatable bonds is 1. The Hall–Kier alpha value is -1.64. The van der Waals surface area contributed by atoms with Gasteiger partial charge in [0.1, 0.15) is 5.78 Å². The molecule has 0 saturated heterocycles. The molecule has 0 unspecified atom stereocenters. The molecule has 1 aromatic rings. The summed E-state index contributed by atoms with van der Waals surface area (Å²) < 4.78 is 0. The van der Waals surface area contributed by atoms with Gasteiger partial charge >= 0.3 is 0 Å². The maximum atomic E-state index is 12.7. The number of fused-ring (bicyclic) bond motifs is 2. The normalized spacial score (nSPS) is 21.1. The van der Waals surface area contributed by atoms with Crippen LogP contribution in [-0.4, -0.2) is 18.7 Å². The molecule has 3 rings (SSSR count). The van der Waals surface area contributed by atoms with E-state index in [2.05, 4.69) is 13.0 Å². The van der Waals surface area contributed by atoms with Gasteiger partial charge in [0, 0.05) is 25.6 Å². The van der Waals surface area contributed by atoms with E-state index in [4.69, 9.17) is 0 Å². The Labute approximate surface area is 113 Å². The highest BCUT2D eigenvalue weighted by Crippen LogP contribution is 2.50. The van der Waals surface area contributed by atoms with Crippen LogP contribution in [0.2, 0.25) is 0 Å². The molecule has 1 spiro atoms. The van der Waals surface area contributed by atoms with Crippen LogP contribution in [0.25, 0.3) is 0 Å². The molecule has 1 aliphatic heterocycles. The van der Waals surface area contributed by atoms with Crippen LogP contribution in [0.1, 0.15) is 43.7 Å². The third-order valence-electron chi connectivity index (χ3n) is 4.72. The van der Waals surface area contributed by atoms with Gasteiger partial charge in [-0.1, -0.05) is 19.1 Å². The van der Waals surface area contributed by atoms with Crippen molar-refractivity contribution < 1.29 is 9.59 Å². The zero-order valence-electron chi connectivity index (χ0n) is 11.5. The van der Waals surface area contributed by atoms with Gasteiger partial charge in [0.2, 0.25) is 5.91 Å². The first kappa shape index (κ1) is 12.4. The third-order valence-corrected chi connectivity index (χ3v) is 4.72. The third kappa shape index (κ3) is 1.57. The Morgan fingerprint density at radius 2 is 1.89 bits per heavy atom. The lowest BCUT2D eigenvalue weighted by Gasteiger charge is -2.32. The Morgan fingerprint density at radius 1 is 1.21 bits per heavy atom. The lowest BCUT2D eigenvalue weighted by Crippen LogP contribution is -2.42. The minimum atomic E-state index is -0.426. The van der Waals surface area contributed by atoms with E-state index in [0.717, 1.165) is 12.1 Å². The van der Waals surface area contributed by atoms with E-state index in [0.29, 0.717) is 31.5 Å². The largest absolute Gasteiger partial charge is 0.314 e. The van der Waals surface area contributed by atoms with E-state index < -0.39 is 5.41 Å². The number of hydrogen-bond donors (Lipinski definition) is 0. The molecule has 0 atom stereocenters. The monoisotopic (exact) mass is 257 g/mol. The van der Waals surface area contributed by atoms with Crippen LogP contribution in [0.5, 0.6) is 0 Å². The Bertz CT molecular complexity index is 552. The van der Waals surface area contributed by atoms with Crippen molar-refractivity contribution in [3.63, 3.8) is 0 Å². The maximum Gasteiger partial charge on any atom is 0.237 e. The van der Waals surface area contributed by atoms with Gasteiger partial charge in [0.05, 0.1) is 5.41 Å². The average molecular weight is 257 g/mol. The van der Waals surface area contributed by atoms with Gasteiger partial charge in [0.15, 0.2) is 0 Å². The summed E-state index contributed by atoms with van der Waals surface area (Å²) in [5.41, 5.74) is 3.06. The van der Waals surface area contributed by atoms with E-state index in [1.807, 2.05) is 19.2 Å². The van der Waals surface area contributed by atoms with E-state index in [9.17, 15) is 9.59 Å². The van der Waals surface area contributed by atoms with Gasteiger partial charge in [-0.2, -0.15) is 0 Å². The highest BCUT2D eigenvalue weighted by molar-refractivity contribution is 6.09. The van der Waals surface area contributed by atoms with Crippen molar-refractivity contribution in [1.29, 1.82) is 0 Å². The molecule has 3 heteroatoms. The zero-order chi connectivity index (χ0) is 13.6. The molecule has 0 aromatic heterocycles. The number of ketones is 1. The molecule has 1 aliphatic carbocycles. The van der Waals surface area contributed by atoms with Crippen LogP contribution in [0.15, 0.2) is 18.2 Å². The molecule has 100 valence electrons. The van der Waals surface area contributed by atoms with Gasteiger partial charge in [-0.15, -0.1) is 0 Å². The number of hydrogen-bond acceptors (Lipinski definition) is 2. The molecule has 1 fully saturated rings. The molecule has 1 saturated carbocycles. The number of anilines is 1. The summed E-state index contributed by atoms with van der Waals surface area (Å²) in [5.74, 6) is 0.472. The fraction of sp³-hybridized carbons (Fsp3) is 0.500. The molecule has 0 bridgehead atoms. The number of nitrogens with zero attached hydrogens (tertiary/aromatic N) is 1. The zero-order valence-corrected chi connectivity index (χ0v) is 11.5. The number of aryl methyl sites for hydroxylation is 1. The predicted molar refractivity (Wildman–Crippen MR) is 74.4 cm³/mol. The van der Waals surface area contributed by atoms with E-state index in [1.54, 1.807) is 4.90 Å². The number of likely N-dealkylation sites (N-methyl/N-ethyl adjacent to an activating group) is 1. The molecular formula is C16H19NO2. The van der Waals surface area contributed by atoms with Crippen LogP contribution in [0.4, 0.5) is 5.69 Å². The number of carbonyl (C=O) groups is 2. The number of amides is 1. The highest BCUT2D eigenvalue weighted by Gasteiger charge is 2.51. The van der Waals surface area contributed by atoms with Gasteiger partial charge < -0.3 is 4.90 Å². The summed E-state index contributed by atoms with van der Waals surface area (Å²) in [7, 11) is 1.85. The summed E-state index contributed by atoms with van der Waals surface area (Å²) in [4.78, 5) is 26.0. The van der Waals surface area contributed by atoms with Crippen molar-refractivity contribution in [2.75, 3.05) is 11.9 Å². The Kier molecular flexibility index (Phi) is 2.73. The maximum absolute atomic E-state index is 12.7. The summed E-state index contributed by atoms with van der Waals surface area (Å²) in [5, 5.41) is 0. The summed E-state index contributed by atoms with van der Waals surface area (Å²) in [6.07, 6.45) is 3.37. The Morgan fingerprint density at radius 3 is 2.53 bits per heavy atom. The Balaban J connectivity index is 2.18. The molecule has 1 heterocycles. The second-order valence-electron chi connectivity index (χ2n) is 5.65. The average Bonchev–Trinajstić information content (AvgIpc) is 2.65. The second kappa shape index (κ2) is 4.19. The van der Waals surface area contributed by atoms with Crippen molar-refractivity contribution in [2.45, 2.75) is 44.4 Å². The van der Waals surface area contributed by atoms with Gasteiger partial charge in [0.25, 0.3) is 0 Å². The quantitative estimate of drug-likeness (QED) is 0.775. The molecule has 1 aromatic carbocycles. The molecule has 19 heavy (non-hydrogen) atoms. The van der Waals surface area contributed by atoms with E-state index in [1.165, 1.54) is 11.1 Å². The summed E-state index contributed by atoms with van der Waals surface area (Å²) in [6, 6.07) is 6.16. The van der Waals surface area contributed by atoms with Crippen molar-refractivity contribution in [3.05, 3.63) is 29.3 Å². The van der Waals surface area contributed by atoms with Crippen molar-refractivity contribution in [2.24, 2.45) is 0 Å². The number of benzene rings is 1. The van der Waals surface area contributed by atoms with Crippen molar-refractivity contribution >= 4 is 17.4 Å². The highest BCUT2D eigenvalue weighted by atomic mass is 16.2. The van der Waals surface area contributed by atoms with Crippen LogP contribution < -0.4 is 4.90 Å². The topological polar surface area (TPSA) is 37.4 Å². The second-order valence-corrected chi connectivity index (χ2v) is 5.65. The molecule has 0 radical (unpaired) electrons. The fourth-order valence-corrected chi connectivity index (χ4v) is 3.67. The van der Waals surface area contributed by atoms with Crippen LogP contribution >= 0.6 is 0 Å². The standard InChI is InChI=1S/C16H19NO2/c1-3-11-5-4-6-13-14(11)16(15(19)17(13)2)9-7-12(18)8-10-16/h4-6H,3,7-10H2,1-2H3. The van der Waals surface area contributed by atoms with Crippen molar-refractivity contribution in [3.8, 4) is 0 Å². The minimum Gasteiger partial charge on any atom is -0.314 e. The van der Waals surface area contributed by atoms with Crippen LogP contribution in [-0.2, 0) is 21.4 Å². The first-order chi connectivity index (χ1) is 9.10. The van der Waals surface area contributed by atoms with E-state index >= 15 is 0 Å². The number of carbonyl (C=O) groups excluding carboxylic acids is 2. The number of Topliss-reactive ketones (excluding diaryl/α,β-unsaturated/α-hetero) is 1. The minimum absolute atomic E-state index is 0.177. The molecular weight excluding hydrogens is 238 g/mol. The van der Waals surface area contributed by atoms with Crippen LogP contribution in [0.3, 0.4) is 0 Å². The molecule has 1 amide bonds. The van der Waals surface area contributed by atoms with Gasteiger partial charge in [-0.05, 0) is 36.5 Å². The lowest BCUT2D eigenvalue weighted by atomic mass is 9.68. The summed E-state index contributed by atoms with van der Waals surface area (Å²) >= 11 is 0. The predicted octanol–water partition coefficient (Wildman–Crippen LogP) is 2.61. The SMILES string of the molecule is CCc1cccc2c1C1(CCC(=O)CC1)C(=O)N2C. The first-order valence-electron chi connectivity index (χ1n) is 7.02. The molecule has 0 N–H and O–H groups in total. The first-order valence-corrected chi connectivity index (χ1v) is 7.02. The lowest BCUT2D eigenvalue weighted by molar-refractivity contribution is -0.127. The van der Waals surface area contributed by atoms with Crippen molar-refractivity contribution in [1.82, 2.24) is 0 Å². The smallest absolute Gasteiger partial charge is 0.237 e. The van der Waals surface area contributed by atoms with E-state index in [-0.39, 0.29) is 5.91 Å². The van der Waals surface area contributed by atoms with Gasteiger partial charge in [-0.25, -0.2) is 0 Å². The summed E-state index contributed by atoms with van der Waals surface area (Å²) in [6.45, 7) is 2.13. The van der Waals surface area contributed by atoms with Crippen LogP contribution in [0, 0.1) is 0 Å².